The number of rotatable bonds is 4. The Morgan fingerprint density at radius 3 is 2.19 bits per heavy atom. The van der Waals surface area contributed by atoms with Crippen LogP contribution in [0.25, 0.3) is 0 Å². The summed E-state index contributed by atoms with van der Waals surface area (Å²) < 4.78 is 0. The maximum absolute atomic E-state index is 11.8. The van der Waals surface area contributed by atoms with Crippen molar-refractivity contribution in [3.63, 3.8) is 0 Å². The lowest BCUT2D eigenvalue weighted by Gasteiger charge is -2.28. The third kappa shape index (κ3) is 4.65. The molecule has 0 fully saturated rings. The molecular formula is C13H24N2O. The fraction of sp³-hybridized carbons (Fsp3) is 0.846. The first-order chi connectivity index (χ1) is 7.14. The number of nitriles is 1. The zero-order valence-corrected chi connectivity index (χ0v) is 11.3. The summed E-state index contributed by atoms with van der Waals surface area (Å²) in [6.07, 6.45) is 1.10. The van der Waals surface area contributed by atoms with E-state index < -0.39 is 5.54 Å². The molecule has 0 aliphatic heterocycles. The molecule has 2 unspecified atom stereocenters. The number of nitrogens with zero attached hydrogens (tertiary/aromatic N) is 1. The van der Waals surface area contributed by atoms with Gasteiger partial charge in [0.2, 0.25) is 5.91 Å². The molecule has 1 amide bonds. The minimum Gasteiger partial charge on any atom is -0.338 e. The van der Waals surface area contributed by atoms with E-state index in [1.165, 1.54) is 0 Å². The summed E-state index contributed by atoms with van der Waals surface area (Å²) in [6, 6.07) is 2.14. The van der Waals surface area contributed by atoms with Crippen molar-refractivity contribution >= 4 is 5.91 Å². The van der Waals surface area contributed by atoms with Crippen molar-refractivity contribution in [1.29, 1.82) is 5.26 Å². The third-order valence-electron chi connectivity index (χ3n) is 3.34. The van der Waals surface area contributed by atoms with Gasteiger partial charge in [0.25, 0.3) is 0 Å². The largest absolute Gasteiger partial charge is 0.338 e. The lowest BCUT2D eigenvalue weighted by molar-refractivity contribution is -0.123. The van der Waals surface area contributed by atoms with E-state index in [4.69, 9.17) is 5.26 Å². The summed E-state index contributed by atoms with van der Waals surface area (Å²) in [6.45, 7) is 12.1. The molecule has 92 valence electrons. The van der Waals surface area contributed by atoms with Crippen molar-refractivity contribution in [3.05, 3.63) is 0 Å². The molecule has 0 saturated heterocycles. The monoisotopic (exact) mass is 224 g/mol. The van der Waals surface area contributed by atoms with Gasteiger partial charge in [-0.25, -0.2) is 0 Å². The molecular weight excluding hydrogens is 200 g/mol. The van der Waals surface area contributed by atoms with Crippen molar-refractivity contribution in [2.45, 2.75) is 59.9 Å². The van der Waals surface area contributed by atoms with Crippen LogP contribution in [0.15, 0.2) is 0 Å². The van der Waals surface area contributed by atoms with Crippen LogP contribution in [0.4, 0.5) is 0 Å². The lowest BCUT2D eigenvalue weighted by atomic mass is 9.80. The summed E-state index contributed by atoms with van der Waals surface area (Å²) in [5.41, 5.74) is -0.610. The lowest BCUT2D eigenvalue weighted by Crippen LogP contribution is -2.45. The SMILES string of the molecule is CCC(C)(C#N)NC(=O)CC(C)C(C)(C)C. The first-order valence-corrected chi connectivity index (χ1v) is 5.87. The van der Waals surface area contributed by atoms with E-state index in [1.807, 2.05) is 6.92 Å². The average Bonchev–Trinajstić information content (AvgIpc) is 2.15. The molecule has 0 radical (unpaired) electrons. The second-order valence-electron chi connectivity index (χ2n) is 5.82. The summed E-state index contributed by atoms with van der Waals surface area (Å²) in [5, 5.41) is 11.8. The van der Waals surface area contributed by atoms with E-state index >= 15 is 0 Å². The summed E-state index contributed by atoms with van der Waals surface area (Å²) >= 11 is 0. The molecule has 1 N–H and O–H groups in total. The molecule has 16 heavy (non-hydrogen) atoms. The van der Waals surface area contributed by atoms with Crippen LogP contribution < -0.4 is 5.32 Å². The van der Waals surface area contributed by atoms with Crippen LogP contribution in [0.5, 0.6) is 0 Å². The minimum absolute atomic E-state index is 0.0340. The fourth-order valence-electron chi connectivity index (χ4n) is 1.14. The van der Waals surface area contributed by atoms with Crippen LogP contribution in [0.1, 0.15) is 54.4 Å². The Labute approximate surface area is 99.2 Å². The van der Waals surface area contributed by atoms with Gasteiger partial charge in [-0.2, -0.15) is 5.26 Å². The first kappa shape index (κ1) is 15.0. The quantitative estimate of drug-likeness (QED) is 0.798. The zero-order chi connectivity index (χ0) is 13.0. The molecule has 0 aromatic carbocycles. The molecule has 0 aromatic heterocycles. The number of amides is 1. The highest BCUT2D eigenvalue weighted by Gasteiger charge is 2.27. The standard InChI is InChI=1S/C13H24N2O/c1-7-13(6,9-14)15-11(16)8-10(2)12(3,4)5/h10H,7-8H2,1-6H3,(H,15,16). The van der Waals surface area contributed by atoms with Gasteiger partial charge in [0, 0.05) is 6.42 Å². The van der Waals surface area contributed by atoms with Crippen LogP contribution in [0, 0.1) is 22.7 Å². The van der Waals surface area contributed by atoms with E-state index in [2.05, 4.69) is 39.1 Å². The Morgan fingerprint density at radius 1 is 1.38 bits per heavy atom. The topological polar surface area (TPSA) is 52.9 Å². The van der Waals surface area contributed by atoms with Gasteiger partial charge in [-0.3, -0.25) is 4.79 Å². The molecule has 0 aliphatic rings. The number of carbonyl (C=O) groups is 1. The van der Waals surface area contributed by atoms with Gasteiger partial charge in [-0.15, -0.1) is 0 Å². The highest BCUT2D eigenvalue weighted by atomic mass is 16.1. The number of hydrogen-bond donors (Lipinski definition) is 1. The molecule has 0 saturated carbocycles. The molecule has 0 heterocycles. The summed E-state index contributed by atoms with van der Waals surface area (Å²) in [5.74, 6) is 0.264. The van der Waals surface area contributed by atoms with Crippen LogP contribution in [-0.2, 0) is 4.79 Å². The summed E-state index contributed by atoms with van der Waals surface area (Å²) in [7, 11) is 0. The maximum atomic E-state index is 11.8. The molecule has 0 rings (SSSR count). The van der Waals surface area contributed by atoms with Crippen LogP contribution in [-0.4, -0.2) is 11.4 Å². The molecule has 0 aliphatic carbocycles. The predicted molar refractivity (Wildman–Crippen MR) is 65.7 cm³/mol. The Balaban J connectivity index is 4.36. The van der Waals surface area contributed by atoms with Crippen molar-refractivity contribution < 1.29 is 4.79 Å². The Bertz CT molecular complexity index is 285. The Kier molecular flexibility index (Phi) is 4.99. The van der Waals surface area contributed by atoms with E-state index in [0.717, 1.165) is 0 Å². The normalized spacial score (nSPS) is 17.1. The predicted octanol–water partition coefficient (Wildman–Crippen LogP) is 2.87. The van der Waals surface area contributed by atoms with Gasteiger partial charge in [-0.05, 0) is 24.7 Å². The van der Waals surface area contributed by atoms with Crippen LogP contribution >= 0.6 is 0 Å². The number of carbonyl (C=O) groups excluding carboxylic acids is 1. The second kappa shape index (κ2) is 5.34. The molecule has 0 bridgehead atoms. The van der Waals surface area contributed by atoms with Crippen LogP contribution in [0.3, 0.4) is 0 Å². The van der Waals surface area contributed by atoms with Crippen molar-refractivity contribution in [2.24, 2.45) is 11.3 Å². The van der Waals surface area contributed by atoms with Gasteiger partial charge in [0.15, 0.2) is 0 Å². The number of hydrogen-bond acceptors (Lipinski definition) is 2. The highest BCUT2D eigenvalue weighted by Crippen LogP contribution is 2.28. The van der Waals surface area contributed by atoms with Crippen molar-refractivity contribution in [2.75, 3.05) is 0 Å². The second-order valence-corrected chi connectivity index (χ2v) is 5.82. The Hall–Kier alpha value is -1.04. The Morgan fingerprint density at radius 2 is 1.88 bits per heavy atom. The zero-order valence-electron chi connectivity index (χ0n) is 11.3. The van der Waals surface area contributed by atoms with E-state index in [-0.39, 0.29) is 11.3 Å². The van der Waals surface area contributed by atoms with Gasteiger partial charge in [0.05, 0.1) is 6.07 Å². The first-order valence-electron chi connectivity index (χ1n) is 5.87. The van der Waals surface area contributed by atoms with Gasteiger partial charge in [0.1, 0.15) is 5.54 Å². The van der Waals surface area contributed by atoms with Gasteiger partial charge in [-0.1, -0.05) is 34.6 Å². The minimum atomic E-state index is -0.727. The summed E-state index contributed by atoms with van der Waals surface area (Å²) in [4.78, 5) is 11.8. The molecule has 3 nitrogen and oxygen atoms in total. The fourth-order valence-corrected chi connectivity index (χ4v) is 1.14. The highest BCUT2D eigenvalue weighted by molar-refractivity contribution is 5.77. The third-order valence-corrected chi connectivity index (χ3v) is 3.34. The van der Waals surface area contributed by atoms with Crippen molar-refractivity contribution in [1.82, 2.24) is 5.32 Å². The molecule has 2 atom stereocenters. The molecule has 0 aromatic rings. The van der Waals surface area contributed by atoms with E-state index in [0.29, 0.717) is 18.8 Å². The van der Waals surface area contributed by atoms with Gasteiger partial charge >= 0.3 is 0 Å². The van der Waals surface area contributed by atoms with Crippen LogP contribution in [0.2, 0.25) is 0 Å². The molecule has 3 heteroatoms. The van der Waals surface area contributed by atoms with E-state index in [9.17, 15) is 4.79 Å². The average molecular weight is 224 g/mol. The van der Waals surface area contributed by atoms with Crippen molar-refractivity contribution in [3.8, 4) is 6.07 Å². The maximum Gasteiger partial charge on any atom is 0.221 e. The molecule has 0 spiro atoms. The number of nitrogens with one attached hydrogen (secondary N) is 1. The smallest absolute Gasteiger partial charge is 0.221 e. The van der Waals surface area contributed by atoms with Gasteiger partial charge < -0.3 is 5.32 Å². The van der Waals surface area contributed by atoms with E-state index in [1.54, 1.807) is 6.92 Å².